The lowest BCUT2D eigenvalue weighted by Crippen LogP contribution is -2.29. The summed E-state index contributed by atoms with van der Waals surface area (Å²) < 4.78 is 41.6. The summed E-state index contributed by atoms with van der Waals surface area (Å²) in [6.45, 7) is 0. The average molecular weight is 383 g/mol. The third-order valence-corrected chi connectivity index (χ3v) is 3.45. The lowest BCUT2D eigenvalue weighted by Gasteiger charge is -2.09. The van der Waals surface area contributed by atoms with Gasteiger partial charge in [-0.25, -0.2) is 0 Å². The molecule has 1 heterocycles. The molecule has 1 aromatic heterocycles. The number of halogens is 4. The number of aromatic nitrogens is 2. The third-order valence-electron chi connectivity index (χ3n) is 3.22. The number of alkyl halides is 3. The summed E-state index contributed by atoms with van der Waals surface area (Å²) in [6, 6.07) is 12.4. The van der Waals surface area contributed by atoms with E-state index in [1.807, 2.05) is 0 Å². The highest BCUT2D eigenvalue weighted by atomic mass is 35.5. The Morgan fingerprint density at radius 2 is 1.85 bits per heavy atom. The smallest absolute Gasteiger partial charge is 0.329 e. The molecule has 0 fully saturated rings. The van der Waals surface area contributed by atoms with E-state index >= 15 is 0 Å². The molecule has 2 N–H and O–H groups in total. The Bertz CT molecular complexity index is 926. The fraction of sp³-hybridized carbons (Fsp3) is 0.0625. The zero-order valence-electron chi connectivity index (χ0n) is 12.8. The monoisotopic (exact) mass is 382 g/mol. The van der Waals surface area contributed by atoms with Crippen LogP contribution in [0.5, 0.6) is 0 Å². The highest BCUT2D eigenvalue weighted by molar-refractivity contribution is 6.30. The van der Waals surface area contributed by atoms with Gasteiger partial charge in [-0.05, 0) is 30.3 Å². The van der Waals surface area contributed by atoms with Crippen molar-refractivity contribution in [2.45, 2.75) is 6.18 Å². The molecule has 6 nitrogen and oxygen atoms in total. The van der Waals surface area contributed by atoms with E-state index in [4.69, 9.17) is 11.6 Å². The quantitative estimate of drug-likeness (QED) is 0.662. The van der Waals surface area contributed by atoms with Crippen LogP contribution in [0.4, 0.5) is 18.9 Å². The van der Waals surface area contributed by atoms with Crippen LogP contribution in [0.2, 0.25) is 5.02 Å². The molecule has 0 atom stereocenters. The molecule has 134 valence electrons. The normalized spacial score (nSPS) is 11.2. The van der Waals surface area contributed by atoms with Gasteiger partial charge in [0.05, 0.1) is 5.69 Å². The molecule has 1 amide bonds. The Morgan fingerprint density at radius 3 is 2.46 bits per heavy atom. The largest absolute Gasteiger partial charge is 0.471 e. The van der Waals surface area contributed by atoms with E-state index in [-0.39, 0.29) is 17.0 Å². The predicted molar refractivity (Wildman–Crippen MR) is 87.3 cm³/mol. The van der Waals surface area contributed by atoms with Gasteiger partial charge in [0.1, 0.15) is 0 Å². The van der Waals surface area contributed by atoms with E-state index in [0.717, 1.165) is 0 Å². The number of nitrogens with zero attached hydrogens (tertiary/aromatic N) is 2. The van der Waals surface area contributed by atoms with Crippen molar-refractivity contribution in [2.75, 3.05) is 5.43 Å². The highest BCUT2D eigenvalue weighted by Gasteiger charge is 2.38. The van der Waals surface area contributed by atoms with Crippen LogP contribution in [0.3, 0.4) is 0 Å². The van der Waals surface area contributed by atoms with Crippen molar-refractivity contribution in [3.63, 3.8) is 0 Å². The van der Waals surface area contributed by atoms with E-state index in [2.05, 4.69) is 25.5 Å². The molecule has 2 aromatic carbocycles. The van der Waals surface area contributed by atoms with Gasteiger partial charge in [-0.1, -0.05) is 35.0 Å². The Balaban J connectivity index is 1.67. The average Bonchev–Trinajstić information content (AvgIpc) is 3.10. The first-order valence-corrected chi connectivity index (χ1v) is 7.54. The molecule has 0 aliphatic carbocycles. The molecule has 26 heavy (non-hydrogen) atoms. The Kier molecular flexibility index (Phi) is 4.81. The van der Waals surface area contributed by atoms with Crippen LogP contribution in [0.15, 0.2) is 53.1 Å². The summed E-state index contributed by atoms with van der Waals surface area (Å²) in [5.41, 5.74) is 6.33. The molecule has 0 bridgehead atoms. The fourth-order valence-corrected chi connectivity index (χ4v) is 2.18. The second-order valence-corrected chi connectivity index (χ2v) is 5.52. The van der Waals surface area contributed by atoms with Crippen LogP contribution in [-0.2, 0) is 6.18 Å². The van der Waals surface area contributed by atoms with Crippen molar-refractivity contribution >= 4 is 23.2 Å². The number of amides is 1. The maximum atomic E-state index is 12.5. The molecule has 0 saturated carbocycles. The summed E-state index contributed by atoms with van der Waals surface area (Å²) in [5.74, 6) is -2.10. The standard InChI is InChI=1S/C16H10ClF3N4O2/c17-11-2-1-3-12(8-11)22-23-14(25)10-6-4-9(5-7-10)13-21-15(26-24-13)16(18,19)20/h1-8,22H,(H,23,25). The van der Waals surface area contributed by atoms with Gasteiger partial charge in [-0.3, -0.25) is 15.6 Å². The molecular weight excluding hydrogens is 373 g/mol. The summed E-state index contributed by atoms with van der Waals surface area (Å²) in [5, 5.41) is 3.79. The second kappa shape index (κ2) is 7.04. The van der Waals surface area contributed by atoms with Crippen LogP contribution >= 0.6 is 11.6 Å². The first kappa shape index (κ1) is 17.7. The summed E-state index contributed by atoms with van der Waals surface area (Å²) in [6.07, 6.45) is -4.71. The van der Waals surface area contributed by atoms with Gasteiger partial charge in [-0.15, -0.1) is 0 Å². The van der Waals surface area contributed by atoms with Crippen LogP contribution in [0, 0.1) is 0 Å². The van der Waals surface area contributed by atoms with Crippen molar-refractivity contribution < 1.29 is 22.5 Å². The molecule has 0 aliphatic rings. The Labute approximate surface area is 149 Å². The first-order valence-electron chi connectivity index (χ1n) is 7.16. The molecule has 0 saturated heterocycles. The highest BCUT2D eigenvalue weighted by Crippen LogP contribution is 2.29. The number of carbonyl (C=O) groups is 1. The molecule has 0 aliphatic heterocycles. The minimum atomic E-state index is -4.71. The molecule has 0 spiro atoms. The van der Waals surface area contributed by atoms with Gasteiger partial charge >= 0.3 is 12.1 Å². The van der Waals surface area contributed by atoms with Crippen molar-refractivity contribution in [3.05, 3.63) is 65.0 Å². The zero-order chi connectivity index (χ0) is 18.7. The van der Waals surface area contributed by atoms with Crippen LogP contribution in [-0.4, -0.2) is 16.0 Å². The Morgan fingerprint density at radius 1 is 1.12 bits per heavy atom. The lowest BCUT2D eigenvalue weighted by atomic mass is 10.1. The number of hydrogen-bond donors (Lipinski definition) is 2. The van der Waals surface area contributed by atoms with E-state index in [1.54, 1.807) is 24.3 Å². The van der Waals surface area contributed by atoms with Gasteiger partial charge in [0.25, 0.3) is 5.91 Å². The van der Waals surface area contributed by atoms with Crippen molar-refractivity contribution in [3.8, 4) is 11.4 Å². The minimum absolute atomic E-state index is 0.221. The molecule has 3 rings (SSSR count). The van der Waals surface area contributed by atoms with Gasteiger partial charge in [0, 0.05) is 16.1 Å². The van der Waals surface area contributed by atoms with Gasteiger partial charge in [-0.2, -0.15) is 18.2 Å². The van der Waals surface area contributed by atoms with Crippen LogP contribution < -0.4 is 10.9 Å². The number of nitrogens with one attached hydrogen (secondary N) is 2. The maximum Gasteiger partial charge on any atom is 0.471 e. The Hall–Kier alpha value is -3.07. The molecule has 10 heteroatoms. The summed E-state index contributed by atoms with van der Waals surface area (Å²) >= 11 is 5.84. The fourth-order valence-electron chi connectivity index (χ4n) is 1.99. The SMILES string of the molecule is O=C(NNc1cccc(Cl)c1)c1ccc(-c2noc(C(F)(F)F)n2)cc1. The number of carbonyl (C=O) groups excluding carboxylic acids is 1. The summed E-state index contributed by atoms with van der Waals surface area (Å²) in [4.78, 5) is 15.4. The first-order chi connectivity index (χ1) is 12.3. The van der Waals surface area contributed by atoms with E-state index in [9.17, 15) is 18.0 Å². The number of hydrogen-bond acceptors (Lipinski definition) is 5. The number of hydrazine groups is 1. The minimum Gasteiger partial charge on any atom is -0.329 e. The van der Waals surface area contributed by atoms with Crippen LogP contribution in [0.25, 0.3) is 11.4 Å². The third kappa shape index (κ3) is 4.12. The number of anilines is 1. The van der Waals surface area contributed by atoms with E-state index < -0.39 is 18.0 Å². The number of rotatable bonds is 4. The van der Waals surface area contributed by atoms with Gasteiger partial charge in [0.2, 0.25) is 5.82 Å². The van der Waals surface area contributed by atoms with E-state index in [0.29, 0.717) is 10.7 Å². The van der Waals surface area contributed by atoms with Crippen molar-refractivity contribution in [1.29, 1.82) is 0 Å². The van der Waals surface area contributed by atoms with E-state index in [1.165, 1.54) is 24.3 Å². The molecule has 3 aromatic rings. The van der Waals surface area contributed by atoms with Gasteiger partial charge < -0.3 is 4.52 Å². The topological polar surface area (TPSA) is 80.0 Å². The van der Waals surface area contributed by atoms with Crippen molar-refractivity contribution in [2.24, 2.45) is 0 Å². The molecule has 0 radical (unpaired) electrons. The number of benzene rings is 2. The summed E-state index contributed by atoms with van der Waals surface area (Å²) in [7, 11) is 0. The predicted octanol–water partition coefficient (Wildman–Crippen LogP) is 4.17. The van der Waals surface area contributed by atoms with Crippen molar-refractivity contribution in [1.82, 2.24) is 15.6 Å². The second-order valence-electron chi connectivity index (χ2n) is 5.09. The molecule has 0 unspecified atom stereocenters. The molecular formula is C16H10ClF3N4O2. The van der Waals surface area contributed by atoms with Crippen LogP contribution in [0.1, 0.15) is 16.2 Å². The maximum absolute atomic E-state index is 12.5. The lowest BCUT2D eigenvalue weighted by molar-refractivity contribution is -0.159. The van der Waals surface area contributed by atoms with Gasteiger partial charge in [0.15, 0.2) is 0 Å². The zero-order valence-corrected chi connectivity index (χ0v) is 13.6.